The maximum absolute atomic E-state index is 14.2. The molecule has 1 aromatic carbocycles. The van der Waals surface area contributed by atoms with Crippen molar-refractivity contribution in [3.8, 4) is 0 Å². The number of cyclic esters (lactones) is 1. The molecule has 0 saturated carbocycles. The molecule has 5 rings (SSSR count). The lowest BCUT2D eigenvalue weighted by atomic mass is 9.74. The number of hydrogen-bond acceptors (Lipinski definition) is 6. The van der Waals surface area contributed by atoms with Crippen molar-refractivity contribution in [2.75, 3.05) is 31.2 Å². The Kier molecular flexibility index (Phi) is 5.64. The first-order valence-corrected chi connectivity index (χ1v) is 12.6. The Morgan fingerprint density at radius 3 is 2.68 bits per heavy atom. The number of carbonyl (C=O) groups excluding carboxylic acids is 3. The van der Waals surface area contributed by atoms with Crippen LogP contribution in [0.1, 0.15) is 24.5 Å². The van der Waals surface area contributed by atoms with Crippen LogP contribution in [0, 0.1) is 25.7 Å². The average Bonchev–Trinajstić information content (AvgIpc) is 3.09. The molecule has 1 spiro atoms. The maximum Gasteiger partial charge on any atom is 0.311 e. The summed E-state index contributed by atoms with van der Waals surface area (Å²) in [5, 5.41) is 9.79. The largest absolute Gasteiger partial charge is 0.465 e. The van der Waals surface area contributed by atoms with Crippen LogP contribution in [0.4, 0.5) is 5.69 Å². The van der Waals surface area contributed by atoms with Crippen molar-refractivity contribution in [3.05, 3.63) is 53.6 Å². The monoisotopic (exact) mass is 482 g/mol. The van der Waals surface area contributed by atoms with E-state index in [9.17, 15) is 19.5 Å². The van der Waals surface area contributed by atoms with Gasteiger partial charge in [-0.3, -0.25) is 14.4 Å². The fourth-order valence-electron chi connectivity index (χ4n) is 6.06. The highest BCUT2D eigenvalue weighted by atomic mass is 32.2. The van der Waals surface area contributed by atoms with E-state index in [1.807, 2.05) is 63.3 Å². The number of aryl methyl sites for hydroxylation is 2. The molecule has 2 fully saturated rings. The second-order valence-corrected chi connectivity index (χ2v) is 11.5. The fourth-order valence-corrected chi connectivity index (χ4v) is 8.22. The number of esters is 1. The summed E-state index contributed by atoms with van der Waals surface area (Å²) in [5.41, 5.74) is 2.82. The lowest BCUT2D eigenvalue weighted by Gasteiger charge is -2.37. The number of likely N-dealkylation sites (tertiary alicyclic amines) is 1. The lowest BCUT2D eigenvalue weighted by Crippen LogP contribution is -2.54. The highest BCUT2D eigenvalue weighted by molar-refractivity contribution is 8.02. The Morgan fingerprint density at radius 1 is 1.12 bits per heavy atom. The van der Waals surface area contributed by atoms with Gasteiger partial charge in [-0.15, -0.1) is 11.8 Å². The number of amides is 2. The van der Waals surface area contributed by atoms with E-state index in [1.54, 1.807) is 4.90 Å². The number of β-amino-alcohol motifs (C(OH)–C–C–N with tert-alkyl or cyclic N) is 1. The van der Waals surface area contributed by atoms with Crippen molar-refractivity contribution in [3.63, 3.8) is 0 Å². The normalized spacial score (nSPS) is 34.8. The van der Waals surface area contributed by atoms with Gasteiger partial charge in [-0.1, -0.05) is 36.4 Å². The molecule has 34 heavy (non-hydrogen) atoms. The Balaban J connectivity index is 1.66. The van der Waals surface area contributed by atoms with Gasteiger partial charge < -0.3 is 19.6 Å². The SMILES string of the molecule is Cc1ccc(C)c(N2CC=C[C@]34S[C@]5(C)C=CCCOC(=O)[C@@H]5[C@H]3C(=O)N(CCO)C4C2=O)c1. The number of aliphatic hydroxyl groups is 1. The topological polar surface area (TPSA) is 87.2 Å². The predicted octanol–water partition coefficient (Wildman–Crippen LogP) is 2.39. The second kappa shape index (κ2) is 8.27. The Morgan fingerprint density at radius 2 is 1.91 bits per heavy atom. The van der Waals surface area contributed by atoms with Gasteiger partial charge in [0.15, 0.2) is 0 Å². The Labute approximate surface area is 203 Å². The van der Waals surface area contributed by atoms with Gasteiger partial charge in [-0.25, -0.2) is 0 Å². The van der Waals surface area contributed by atoms with Gasteiger partial charge in [0.2, 0.25) is 5.91 Å². The summed E-state index contributed by atoms with van der Waals surface area (Å²) in [6.07, 6.45) is 8.56. The van der Waals surface area contributed by atoms with Crippen LogP contribution >= 0.6 is 11.8 Å². The van der Waals surface area contributed by atoms with Crippen molar-refractivity contribution < 1.29 is 24.2 Å². The third-order valence-corrected chi connectivity index (χ3v) is 9.31. The van der Waals surface area contributed by atoms with E-state index in [4.69, 9.17) is 4.74 Å². The van der Waals surface area contributed by atoms with E-state index in [0.29, 0.717) is 13.0 Å². The molecule has 1 N–H and O–H groups in total. The number of thioether (sulfide) groups is 1. The van der Waals surface area contributed by atoms with E-state index in [0.717, 1.165) is 16.8 Å². The van der Waals surface area contributed by atoms with Crippen molar-refractivity contribution >= 4 is 35.2 Å². The Hall–Kier alpha value is -2.58. The number of fused-ring (bicyclic) bond motifs is 2. The summed E-state index contributed by atoms with van der Waals surface area (Å²) in [6.45, 7) is 6.34. The first-order valence-electron chi connectivity index (χ1n) is 11.8. The molecule has 0 aromatic heterocycles. The number of aliphatic hydroxyl groups excluding tert-OH is 1. The summed E-state index contributed by atoms with van der Waals surface area (Å²) in [6, 6.07) is 5.16. The summed E-state index contributed by atoms with van der Waals surface area (Å²) >= 11 is 1.51. The standard InChI is InChI=1S/C26H30N2O5S/c1-16-7-8-17(2)18(15-16)27-11-6-10-26-19(22(30)28(12-13-29)21(26)23(27)31)20-24(32)33-14-5-4-9-25(20,3)34-26/h4,6-10,15,19-21,29H,5,11-14H2,1-3H3/t19-,20-,21?,25+,26-/m0/s1. The summed E-state index contributed by atoms with van der Waals surface area (Å²) in [5.74, 6) is -2.31. The highest BCUT2D eigenvalue weighted by Gasteiger charge is 2.73. The molecule has 0 aliphatic carbocycles. The van der Waals surface area contributed by atoms with Crippen molar-refractivity contribution in [2.24, 2.45) is 11.8 Å². The van der Waals surface area contributed by atoms with Crippen LogP contribution < -0.4 is 4.90 Å². The van der Waals surface area contributed by atoms with Crippen LogP contribution in [0.3, 0.4) is 0 Å². The first-order chi connectivity index (χ1) is 16.2. The molecular weight excluding hydrogens is 452 g/mol. The smallest absolute Gasteiger partial charge is 0.311 e. The number of nitrogens with zero attached hydrogens (tertiary/aromatic N) is 2. The summed E-state index contributed by atoms with van der Waals surface area (Å²) in [4.78, 5) is 44.5. The molecule has 4 aliphatic rings. The lowest BCUT2D eigenvalue weighted by molar-refractivity contribution is -0.154. The van der Waals surface area contributed by atoms with E-state index in [-0.39, 0.29) is 31.6 Å². The van der Waals surface area contributed by atoms with Crippen molar-refractivity contribution in [1.82, 2.24) is 4.90 Å². The van der Waals surface area contributed by atoms with Crippen LogP contribution in [0.2, 0.25) is 0 Å². The molecule has 4 aliphatic heterocycles. The predicted molar refractivity (Wildman–Crippen MR) is 130 cm³/mol. The van der Waals surface area contributed by atoms with E-state index >= 15 is 0 Å². The van der Waals surface area contributed by atoms with Crippen LogP contribution in [0.15, 0.2) is 42.5 Å². The number of hydrogen-bond donors (Lipinski definition) is 1. The van der Waals surface area contributed by atoms with Gasteiger partial charge in [0.1, 0.15) is 6.04 Å². The number of carbonyl (C=O) groups is 3. The average molecular weight is 483 g/mol. The van der Waals surface area contributed by atoms with Crippen LogP contribution in [0.25, 0.3) is 0 Å². The number of rotatable bonds is 3. The minimum absolute atomic E-state index is 0.0385. The molecule has 5 atom stereocenters. The van der Waals surface area contributed by atoms with Crippen LogP contribution in [-0.2, 0) is 19.1 Å². The summed E-state index contributed by atoms with van der Waals surface area (Å²) < 4.78 is 3.92. The van der Waals surface area contributed by atoms with Gasteiger partial charge >= 0.3 is 5.97 Å². The molecule has 1 unspecified atom stereocenters. The van der Waals surface area contributed by atoms with E-state index in [1.165, 1.54) is 16.7 Å². The van der Waals surface area contributed by atoms with Gasteiger partial charge in [0, 0.05) is 23.5 Å². The van der Waals surface area contributed by atoms with Crippen molar-refractivity contribution in [2.45, 2.75) is 42.7 Å². The van der Waals surface area contributed by atoms with Gasteiger partial charge in [-0.2, -0.15) is 0 Å². The highest BCUT2D eigenvalue weighted by Crippen LogP contribution is 2.65. The first kappa shape index (κ1) is 23.2. The minimum Gasteiger partial charge on any atom is -0.465 e. The number of anilines is 1. The zero-order valence-corrected chi connectivity index (χ0v) is 20.5. The molecule has 4 heterocycles. The van der Waals surface area contributed by atoms with E-state index < -0.39 is 33.3 Å². The molecule has 1 aromatic rings. The van der Waals surface area contributed by atoms with Crippen LogP contribution in [-0.4, -0.2) is 69.6 Å². The quantitative estimate of drug-likeness (QED) is 0.526. The Bertz CT molecular complexity index is 1120. The van der Waals surface area contributed by atoms with Gasteiger partial charge in [-0.05, 0) is 44.4 Å². The molecular formula is C26H30N2O5S. The second-order valence-electron chi connectivity index (χ2n) is 9.75. The molecule has 180 valence electrons. The molecule has 7 nitrogen and oxygen atoms in total. The van der Waals surface area contributed by atoms with E-state index in [2.05, 4.69) is 0 Å². The van der Waals surface area contributed by atoms with Crippen LogP contribution in [0.5, 0.6) is 0 Å². The molecule has 2 saturated heterocycles. The minimum atomic E-state index is -0.928. The van der Waals surface area contributed by atoms with Gasteiger partial charge in [0.05, 0.1) is 29.8 Å². The maximum atomic E-state index is 14.2. The summed E-state index contributed by atoms with van der Waals surface area (Å²) in [7, 11) is 0. The molecule has 0 bridgehead atoms. The zero-order chi connectivity index (χ0) is 24.3. The third kappa shape index (κ3) is 3.26. The zero-order valence-electron chi connectivity index (χ0n) is 19.7. The third-order valence-electron chi connectivity index (χ3n) is 7.52. The molecule has 0 radical (unpaired) electrons. The van der Waals surface area contributed by atoms with Gasteiger partial charge in [0.25, 0.3) is 5.91 Å². The number of benzene rings is 1. The molecule has 2 amide bonds. The molecule has 8 heteroatoms. The van der Waals surface area contributed by atoms with Crippen molar-refractivity contribution in [1.29, 1.82) is 0 Å². The number of ether oxygens (including phenoxy) is 1. The fraction of sp³-hybridized carbons (Fsp3) is 0.500.